The molecule has 1 aliphatic heterocycles. The Bertz CT molecular complexity index is 861. The Labute approximate surface area is 161 Å². The molecule has 1 aromatic carbocycles. The predicted octanol–water partition coefficient (Wildman–Crippen LogP) is 2.09. The van der Waals surface area contributed by atoms with Crippen LogP contribution < -0.4 is 14.2 Å². The van der Waals surface area contributed by atoms with Crippen molar-refractivity contribution in [3.05, 3.63) is 46.4 Å². The van der Waals surface area contributed by atoms with Gasteiger partial charge < -0.3 is 19.1 Å². The van der Waals surface area contributed by atoms with Gasteiger partial charge in [0, 0.05) is 24.9 Å². The van der Waals surface area contributed by atoms with Crippen molar-refractivity contribution in [1.29, 1.82) is 0 Å². The van der Waals surface area contributed by atoms with Crippen LogP contribution in [-0.2, 0) is 0 Å². The first-order valence-corrected chi connectivity index (χ1v) is 8.65. The van der Waals surface area contributed by atoms with Crippen molar-refractivity contribution in [2.75, 3.05) is 27.3 Å². The molecule has 10 heteroatoms. The third kappa shape index (κ3) is 4.11. The number of ether oxygens (including phenoxy) is 3. The Morgan fingerprint density at radius 1 is 1.29 bits per heavy atom. The van der Waals surface area contributed by atoms with Crippen LogP contribution in [0.2, 0.25) is 0 Å². The van der Waals surface area contributed by atoms with Gasteiger partial charge in [-0.1, -0.05) is 0 Å². The molecule has 2 heterocycles. The van der Waals surface area contributed by atoms with E-state index in [-0.39, 0.29) is 28.9 Å². The average molecular weight is 388 g/mol. The number of carbonyl (C=O) groups is 1. The highest BCUT2D eigenvalue weighted by Gasteiger charge is 2.31. The first kappa shape index (κ1) is 19.3. The second-order valence-electron chi connectivity index (χ2n) is 6.16. The molecule has 0 saturated carbocycles. The van der Waals surface area contributed by atoms with Gasteiger partial charge in [0.05, 0.1) is 31.8 Å². The van der Waals surface area contributed by atoms with Crippen LogP contribution in [0, 0.1) is 10.1 Å². The van der Waals surface area contributed by atoms with E-state index in [9.17, 15) is 14.9 Å². The van der Waals surface area contributed by atoms with Crippen LogP contribution in [0.3, 0.4) is 0 Å². The number of methoxy groups -OCH3 is 2. The molecule has 2 aromatic rings. The summed E-state index contributed by atoms with van der Waals surface area (Å²) in [6.45, 7) is 0.780. The van der Waals surface area contributed by atoms with E-state index in [1.807, 2.05) is 0 Å². The van der Waals surface area contributed by atoms with E-state index in [4.69, 9.17) is 14.2 Å². The number of benzene rings is 1. The quantitative estimate of drug-likeness (QED) is 0.545. The second-order valence-corrected chi connectivity index (χ2v) is 6.16. The van der Waals surface area contributed by atoms with Gasteiger partial charge in [-0.05, 0) is 12.8 Å². The van der Waals surface area contributed by atoms with Crippen molar-refractivity contribution in [2.45, 2.75) is 18.9 Å². The standard InChI is InChI=1S/C18H20N4O6/c1-26-15-8-13(14(22(24)25)9-16(15)27-2)18(23)21-7-3-4-12(10-21)28-17-5-6-19-11-20-17/h5-6,8-9,11-12H,3-4,7,10H2,1-2H3. The molecule has 1 atom stereocenters. The van der Waals surface area contributed by atoms with Crippen molar-refractivity contribution in [3.8, 4) is 17.4 Å². The number of aromatic nitrogens is 2. The number of amides is 1. The molecular weight excluding hydrogens is 368 g/mol. The van der Waals surface area contributed by atoms with Gasteiger partial charge in [0.1, 0.15) is 18.0 Å². The number of likely N-dealkylation sites (tertiary alicyclic amines) is 1. The summed E-state index contributed by atoms with van der Waals surface area (Å²) in [7, 11) is 2.78. The van der Waals surface area contributed by atoms with Crippen LogP contribution in [0.4, 0.5) is 5.69 Å². The highest BCUT2D eigenvalue weighted by atomic mass is 16.6. The Balaban J connectivity index is 1.83. The van der Waals surface area contributed by atoms with E-state index in [0.29, 0.717) is 25.4 Å². The number of nitrogens with zero attached hydrogens (tertiary/aromatic N) is 4. The molecule has 1 unspecified atom stereocenters. The molecule has 1 aliphatic rings. The number of carbonyl (C=O) groups excluding carboxylic acids is 1. The number of hydrogen-bond acceptors (Lipinski definition) is 8. The van der Waals surface area contributed by atoms with Crippen LogP contribution in [0.15, 0.2) is 30.7 Å². The minimum Gasteiger partial charge on any atom is -0.493 e. The zero-order valence-corrected chi connectivity index (χ0v) is 15.5. The lowest BCUT2D eigenvalue weighted by Crippen LogP contribution is -2.44. The third-order valence-corrected chi connectivity index (χ3v) is 4.44. The number of hydrogen-bond donors (Lipinski definition) is 0. The largest absolute Gasteiger partial charge is 0.493 e. The lowest BCUT2D eigenvalue weighted by molar-refractivity contribution is -0.385. The van der Waals surface area contributed by atoms with Crippen molar-refractivity contribution in [1.82, 2.24) is 14.9 Å². The molecule has 1 amide bonds. The molecule has 1 aromatic heterocycles. The Morgan fingerprint density at radius 2 is 2.04 bits per heavy atom. The molecule has 3 rings (SSSR count). The van der Waals surface area contributed by atoms with Gasteiger partial charge in [-0.25, -0.2) is 9.97 Å². The molecule has 1 saturated heterocycles. The van der Waals surface area contributed by atoms with Crippen molar-refractivity contribution >= 4 is 11.6 Å². The maximum Gasteiger partial charge on any atom is 0.286 e. The van der Waals surface area contributed by atoms with Gasteiger partial charge in [-0.15, -0.1) is 0 Å². The van der Waals surface area contributed by atoms with Crippen molar-refractivity contribution < 1.29 is 23.9 Å². The summed E-state index contributed by atoms with van der Waals surface area (Å²) in [6.07, 6.45) is 4.16. The maximum atomic E-state index is 13.0. The van der Waals surface area contributed by atoms with Crippen LogP contribution in [0.25, 0.3) is 0 Å². The fraction of sp³-hybridized carbons (Fsp3) is 0.389. The summed E-state index contributed by atoms with van der Waals surface area (Å²) in [5.41, 5.74) is -0.383. The van der Waals surface area contributed by atoms with Crippen LogP contribution in [0.5, 0.6) is 17.4 Å². The van der Waals surface area contributed by atoms with Gasteiger partial charge in [-0.3, -0.25) is 14.9 Å². The molecular formula is C18H20N4O6. The molecule has 0 aliphatic carbocycles. The highest BCUT2D eigenvalue weighted by molar-refractivity contribution is 5.99. The van der Waals surface area contributed by atoms with Gasteiger partial charge in [0.2, 0.25) is 5.88 Å². The SMILES string of the molecule is COc1cc(C(=O)N2CCCC(Oc3ccncn3)C2)c([N+](=O)[O-])cc1OC. The predicted molar refractivity (Wildman–Crippen MR) is 97.8 cm³/mol. The fourth-order valence-electron chi connectivity index (χ4n) is 3.10. The molecule has 10 nitrogen and oxygen atoms in total. The Kier molecular flexibility index (Phi) is 5.87. The lowest BCUT2D eigenvalue weighted by atomic mass is 10.0. The second kappa shape index (κ2) is 8.51. The van der Waals surface area contributed by atoms with Crippen LogP contribution in [-0.4, -0.2) is 59.1 Å². The zero-order valence-electron chi connectivity index (χ0n) is 15.5. The van der Waals surface area contributed by atoms with E-state index in [1.54, 1.807) is 17.2 Å². The van der Waals surface area contributed by atoms with Crippen molar-refractivity contribution in [3.63, 3.8) is 0 Å². The monoisotopic (exact) mass is 388 g/mol. The van der Waals surface area contributed by atoms with Crippen molar-refractivity contribution in [2.24, 2.45) is 0 Å². The third-order valence-electron chi connectivity index (χ3n) is 4.44. The maximum absolute atomic E-state index is 13.0. The minimum atomic E-state index is -0.603. The number of nitro groups is 1. The van der Waals surface area contributed by atoms with E-state index < -0.39 is 10.8 Å². The van der Waals surface area contributed by atoms with Crippen LogP contribution in [0.1, 0.15) is 23.2 Å². The summed E-state index contributed by atoms with van der Waals surface area (Å²) in [5.74, 6) is 0.409. The fourth-order valence-corrected chi connectivity index (χ4v) is 3.10. The topological polar surface area (TPSA) is 117 Å². The average Bonchev–Trinajstić information content (AvgIpc) is 2.73. The minimum absolute atomic E-state index is 0.0506. The molecule has 1 fully saturated rings. The Morgan fingerprint density at radius 3 is 2.68 bits per heavy atom. The molecule has 0 N–H and O–H groups in total. The molecule has 0 spiro atoms. The number of nitro benzene ring substituents is 1. The van der Waals surface area contributed by atoms with E-state index >= 15 is 0 Å². The van der Waals surface area contributed by atoms with E-state index in [0.717, 1.165) is 6.42 Å². The van der Waals surface area contributed by atoms with Gasteiger partial charge in [0.15, 0.2) is 11.5 Å². The molecule has 0 bridgehead atoms. The van der Waals surface area contributed by atoms with E-state index in [2.05, 4.69) is 9.97 Å². The highest BCUT2D eigenvalue weighted by Crippen LogP contribution is 2.35. The lowest BCUT2D eigenvalue weighted by Gasteiger charge is -2.32. The summed E-state index contributed by atoms with van der Waals surface area (Å²) in [5, 5.41) is 11.5. The normalized spacial score (nSPS) is 16.4. The summed E-state index contributed by atoms with van der Waals surface area (Å²) in [6, 6.07) is 4.18. The zero-order chi connectivity index (χ0) is 20.1. The van der Waals surface area contributed by atoms with Crippen LogP contribution >= 0.6 is 0 Å². The number of piperidine rings is 1. The first-order chi connectivity index (χ1) is 13.5. The summed E-state index contributed by atoms with van der Waals surface area (Å²) < 4.78 is 16.1. The van der Waals surface area contributed by atoms with E-state index in [1.165, 1.54) is 32.7 Å². The number of rotatable bonds is 6. The first-order valence-electron chi connectivity index (χ1n) is 8.65. The molecule has 28 heavy (non-hydrogen) atoms. The Hall–Kier alpha value is -3.43. The van der Waals surface area contributed by atoms with Gasteiger partial charge in [-0.2, -0.15) is 0 Å². The smallest absolute Gasteiger partial charge is 0.286 e. The summed E-state index contributed by atoms with van der Waals surface area (Å²) in [4.78, 5) is 33.3. The van der Waals surface area contributed by atoms with Gasteiger partial charge >= 0.3 is 0 Å². The van der Waals surface area contributed by atoms with Gasteiger partial charge in [0.25, 0.3) is 11.6 Å². The molecule has 148 valence electrons. The molecule has 0 radical (unpaired) electrons. The summed E-state index contributed by atoms with van der Waals surface area (Å²) >= 11 is 0.